The van der Waals surface area contributed by atoms with Crippen LogP contribution in [0.15, 0.2) is 132 Å². The van der Waals surface area contributed by atoms with Crippen molar-refractivity contribution in [2.45, 2.75) is 84.5 Å². The summed E-state index contributed by atoms with van der Waals surface area (Å²) in [5, 5.41) is 13.4. The Morgan fingerprint density at radius 3 is 1.88 bits per heavy atom. The molecule has 3 aromatic heterocycles. The van der Waals surface area contributed by atoms with Crippen molar-refractivity contribution in [3.05, 3.63) is 172 Å². The molecule has 2 aliphatic carbocycles. The van der Waals surface area contributed by atoms with Crippen LogP contribution >= 0.6 is 0 Å². The molecule has 8 aromatic rings. The second-order valence-electron chi connectivity index (χ2n) is 18.2. The fourth-order valence-corrected chi connectivity index (χ4v) is 10.1. The third-order valence-corrected chi connectivity index (χ3v) is 13.2. The highest BCUT2D eigenvalue weighted by molar-refractivity contribution is 6.06. The summed E-state index contributed by atoms with van der Waals surface area (Å²) in [6.07, 6.45) is 4.56. The van der Waals surface area contributed by atoms with Crippen molar-refractivity contribution >= 4 is 21.9 Å². The smallest absolute Gasteiger partial charge is 0.136 e. The van der Waals surface area contributed by atoms with Crippen LogP contribution in [0.5, 0.6) is 5.75 Å². The van der Waals surface area contributed by atoms with Crippen molar-refractivity contribution in [2.75, 3.05) is 0 Å². The van der Waals surface area contributed by atoms with E-state index in [4.69, 9.17) is 14.4 Å². The lowest BCUT2D eigenvalue weighted by Gasteiger charge is -2.27. The topological polar surface area (TPSA) is 59.2 Å². The largest absolute Gasteiger partial charge is 0.507 e. The van der Waals surface area contributed by atoms with Gasteiger partial charge in [0.25, 0.3) is 0 Å². The zero-order valence-electron chi connectivity index (χ0n) is 34.4. The fourth-order valence-electron chi connectivity index (χ4n) is 10.1. The number of furan rings is 1. The van der Waals surface area contributed by atoms with Gasteiger partial charge >= 0.3 is 0 Å². The van der Waals surface area contributed by atoms with Crippen LogP contribution in [0.3, 0.4) is 0 Å². The monoisotopic (exact) mass is 758 g/mol. The average molecular weight is 759 g/mol. The van der Waals surface area contributed by atoms with Gasteiger partial charge in [0.05, 0.1) is 22.8 Å². The third-order valence-electron chi connectivity index (χ3n) is 13.2. The Bertz CT molecular complexity index is 2860. The lowest BCUT2D eigenvalue weighted by molar-refractivity contribution is 0.326. The van der Waals surface area contributed by atoms with Gasteiger partial charge in [0, 0.05) is 27.3 Å². The highest BCUT2D eigenvalue weighted by Crippen LogP contribution is 2.49. The van der Waals surface area contributed by atoms with E-state index in [1.807, 2.05) is 18.2 Å². The van der Waals surface area contributed by atoms with Gasteiger partial charge < -0.3 is 9.52 Å². The van der Waals surface area contributed by atoms with Crippen LogP contribution in [-0.2, 0) is 31.1 Å². The summed E-state index contributed by atoms with van der Waals surface area (Å²) in [5.74, 6) is 0.877. The van der Waals surface area contributed by atoms with Crippen LogP contribution < -0.4 is 0 Å². The summed E-state index contributed by atoms with van der Waals surface area (Å²) in [7, 11) is 0. The van der Waals surface area contributed by atoms with Crippen molar-refractivity contribution in [2.24, 2.45) is 5.41 Å². The molecule has 4 nitrogen and oxygen atoms in total. The Labute approximate surface area is 341 Å². The molecular formula is C54H50N2O2. The number of fused-ring (bicyclic) bond motifs is 5. The number of benzene rings is 5. The molecule has 1 spiro atoms. The fraction of sp³-hybridized carbons (Fsp3) is 0.259. The molecule has 1 N–H and O–H groups in total. The predicted molar refractivity (Wildman–Crippen MR) is 238 cm³/mol. The van der Waals surface area contributed by atoms with Crippen LogP contribution in [0.4, 0.5) is 0 Å². The molecule has 0 radical (unpaired) electrons. The van der Waals surface area contributed by atoms with Crippen LogP contribution in [0.2, 0.25) is 0 Å². The van der Waals surface area contributed by atoms with Gasteiger partial charge in [-0.1, -0.05) is 94.4 Å². The number of para-hydroxylation sites is 1. The molecule has 4 heteroatoms. The Hall–Kier alpha value is -6.00. The SMILES string of the molecule is CC(C)c1cccc(C(C)C)c1-c1cc(-c2ccccc2O)nc(C(C)(C)c2cccc(-c3ccc4c(c3)oc3cc5c(cc34)CC3(Cc4ccccc4C3)C5)n2)c1. The standard InChI is InChI=1S/C54H50N2O2/c1-32(2)40-16-11-17-41(33(3)4)52(40)37-24-46(43-15-9-10-19-47(43)57)56-51(27-37)53(5,6)50-20-12-18-45(55-50)34-21-22-42-44-23-38-30-54(28-35-13-7-8-14-36(35)29-54)31-39(38)26-49(44)58-48(42)25-34/h7-27,32-33,57H,28-31H2,1-6H3. The number of phenolic OH excluding ortho intramolecular Hbond substituents is 1. The minimum absolute atomic E-state index is 0.214. The van der Waals surface area contributed by atoms with E-state index >= 15 is 0 Å². The molecule has 10 rings (SSSR count). The van der Waals surface area contributed by atoms with Crippen molar-refractivity contribution in [1.82, 2.24) is 9.97 Å². The number of phenols is 1. The lowest BCUT2D eigenvalue weighted by atomic mass is 9.80. The summed E-state index contributed by atoms with van der Waals surface area (Å²) in [6, 6.07) is 45.1. The molecule has 0 unspecified atom stereocenters. The quantitative estimate of drug-likeness (QED) is 0.176. The number of hydrogen-bond donors (Lipinski definition) is 1. The van der Waals surface area contributed by atoms with E-state index in [-0.39, 0.29) is 5.75 Å². The van der Waals surface area contributed by atoms with Gasteiger partial charge in [0.2, 0.25) is 0 Å². The predicted octanol–water partition coefficient (Wildman–Crippen LogP) is 13.5. The highest BCUT2D eigenvalue weighted by Gasteiger charge is 2.42. The van der Waals surface area contributed by atoms with Crippen LogP contribution in [-0.4, -0.2) is 15.1 Å². The minimum atomic E-state index is -0.571. The zero-order chi connectivity index (χ0) is 39.9. The van der Waals surface area contributed by atoms with Crippen LogP contribution in [0.1, 0.15) is 98.1 Å². The molecule has 0 atom stereocenters. The lowest BCUT2D eigenvalue weighted by Crippen LogP contribution is -2.23. The van der Waals surface area contributed by atoms with E-state index in [9.17, 15) is 5.11 Å². The molecular weight excluding hydrogens is 709 g/mol. The number of aromatic nitrogens is 2. The van der Waals surface area contributed by atoms with E-state index in [0.29, 0.717) is 22.8 Å². The summed E-state index contributed by atoms with van der Waals surface area (Å²) in [4.78, 5) is 10.6. The van der Waals surface area contributed by atoms with E-state index in [1.54, 1.807) is 6.07 Å². The molecule has 0 saturated carbocycles. The molecule has 2 aliphatic rings. The molecule has 5 aromatic carbocycles. The highest BCUT2D eigenvalue weighted by atomic mass is 16.3. The van der Waals surface area contributed by atoms with E-state index < -0.39 is 5.41 Å². The van der Waals surface area contributed by atoms with E-state index in [0.717, 1.165) is 76.1 Å². The van der Waals surface area contributed by atoms with Crippen LogP contribution in [0, 0.1) is 5.41 Å². The molecule has 288 valence electrons. The number of hydrogen-bond acceptors (Lipinski definition) is 4. The number of rotatable bonds is 7. The minimum Gasteiger partial charge on any atom is -0.507 e. The summed E-state index contributed by atoms with van der Waals surface area (Å²) in [5.41, 5.74) is 17.7. The van der Waals surface area contributed by atoms with Crippen molar-refractivity contribution < 1.29 is 9.52 Å². The second kappa shape index (κ2) is 13.6. The molecule has 0 saturated heterocycles. The number of nitrogens with zero attached hydrogens (tertiary/aromatic N) is 2. The normalized spacial score (nSPS) is 14.6. The molecule has 0 aliphatic heterocycles. The van der Waals surface area contributed by atoms with E-state index in [1.165, 1.54) is 44.3 Å². The first kappa shape index (κ1) is 36.3. The summed E-state index contributed by atoms with van der Waals surface area (Å²) in [6.45, 7) is 13.4. The zero-order valence-corrected chi connectivity index (χ0v) is 34.4. The molecule has 3 heterocycles. The van der Waals surface area contributed by atoms with Gasteiger partial charge in [-0.2, -0.15) is 0 Å². The molecule has 0 amide bonds. The first-order valence-corrected chi connectivity index (χ1v) is 20.9. The summed E-state index contributed by atoms with van der Waals surface area (Å²) >= 11 is 0. The van der Waals surface area contributed by atoms with Crippen molar-refractivity contribution in [3.8, 4) is 39.4 Å². The Morgan fingerprint density at radius 1 is 0.552 bits per heavy atom. The molecule has 0 fully saturated rings. The van der Waals surface area contributed by atoms with Gasteiger partial charge in [-0.25, -0.2) is 0 Å². The first-order valence-electron chi connectivity index (χ1n) is 20.9. The summed E-state index contributed by atoms with van der Waals surface area (Å²) < 4.78 is 6.63. The van der Waals surface area contributed by atoms with Crippen molar-refractivity contribution in [3.63, 3.8) is 0 Å². The third kappa shape index (κ3) is 6.04. The maximum Gasteiger partial charge on any atom is 0.136 e. The van der Waals surface area contributed by atoms with Gasteiger partial charge in [0.1, 0.15) is 16.9 Å². The van der Waals surface area contributed by atoms with Gasteiger partial charge in [-0.15, -0.1) is 0 Å². The Kier molecular flexibility index (Phi) is 8.49. The maximum atomic E-state index is 11.1. The average Bonchev–Trinajstić information content (AvgIpc) is 3.89. The first-order chi connectivity index (χ1) is 28.0. The van der Waals surface area contributed by atoms with E-state index in [2.05, 4.69) is 145 Å². The molecule has 0 bridgehead atoms. The van der Waals surface area contributed by atoms with Gasteiger partial charge in [-0.3, -0.25) is 9.97 Å². The Morgan fingerprint density at radius 2 is 1.17 bits per heavy atom. The second-order valence-corrected chi connectivity index (χ2v) is 18.2. The number of aromatic hydroxyl groups is 1. The van der Waals surface area contributed by atoms with Gasteiger partial charge in [0.15, 0.2) is 0 Å². The van der Waals surface area contributed by atoms with Crippen LogP contribution in [0.25, 0.3) is 55.6 Å². The van der Waals surface area contributed by atoms with Gasteiger partial charge in [-0.05, 0) is 162 Å². The molecule has 58 heavy (non-hydrogen) atoms. The maximum absolute atomic E-state index is 11.1. The van der Waals surface area contributed by atoms with Crippen molar-refractivity contribution in [1.29, 1.82) is 0 Å². The number of pyridine rings is 2. The Balaban J connectivity index is 1.02.